The Kier molecular flexibility index (Phi) is 8.21. The molecular weight excluding hydrogens is 456 g/mol. The Morgan fingerprint density at radius 3 is 2.58 bits per heavy atom. The highest BCUT2D eigenvalue weighted by Gasteiger charge is 2.20. The number of nitrogens with one attached hydrogen (secondary N) is 1. The van der Waals surface area contributed by atoms with Gasteiger partial charge in [0.15, 0.2) is 17.1 Å². The Labute approximate surface area is 204 Å². The van der Waals surface area contributed by atoms with Crippen molar-refractivity contribution in [3.8, 4) is 5.75 Å². The number of anilines is 1. The zero-order chi connectivity index (χ0) is 24.1. The van der Waals surface area contributed by atoms with Gasteiger partial charge in [-0.15, -0.1) is 16.8 Å². The maximum absolute atomic E-state index is 12.5. The van der Waals surface area contributed by atoms with Crippen LogP contribution in [-0.4, -0.2) is 26.4 Å². The molecule has 1 amide bonds. The highest BCUT2D eigenvalue weighted by molar-refractivity contribution is 7.99. The fraction of sp³-hybridized carbons (Fsp3) is 0.320. The van der Waals surface area contributed by atoms with Gasteiger partial charge in [-0.25, -0.2) is 0 Å². The summed E-state index contributed by atoms with van der Waals surface area (Å²) >= 11 is 7.60. The predicted octanol–water partition coefficient (Wildman–Crippen LogP) is 6.22. The summed E-state index contributed by atoms with van der Waals surface area (Å²) in [6.45, 7) is 14.2. The third-order valence-electron chi connectivity index (χ3n) is 5.35. The monoisotopic (exact) mass is 484 g/mol. The van der Waals surface area contributed by atoms with Crippen molar-refractivity contribution >= 4 is 35.0 Å². The number of amides is 1. The molecule has 0 fully saturated rings. The quantitative estimate of drug-likeness (QED) is 0.288. The number of allylic oxidation sites excluding steroid dienone is 1. The molecule has 0 spiro atoms. The van der Waals surface area contributed by atoms with Crippen LogP contribution in [0.5, 0.6) is 5.75 Å². The molecule has 2 aromatic carbocycles. The molecule has 1 aromatic heterocycles. The highest BCUT2D eigenvalue weighted by Crippen LogP contribution is 2.30. The van der Waals surface area contributed by atoms with Crippen LogP contribution in [-0.2, 0) is 11.3 Å². The van der Waals surface area contributed by atoms with E-state index in [-0.39, 0.29) is 17.8 Å². The van der Waals surface area contributed by atoms with Crippen LogP contribution in [0.15, 0.2) is 48.1 Å². The van der Waals surface area contributed by atoms with Crippen molar-refractivity contribution in [1.29, 1.82) is 0 Å². The van der Waals surface area contributed by atoms with E-state index in [2.05, 4.69) is 22.1 Å². The maximum Gasteiger partial charge on any atom is 0.234 e. The van der Waals surface area contributed by atoms with E-state index in [4.69, 9.17) is 16.3 Å². The lowest BCUT2D eigenvalue weighted by atomic mass is 10.1. The Morgan fingerprint density at radius 1 is 1.21 bits per heavy atom. The van der Waals surface area contributed by atoms with Gasteiger partial charge in [0.25, 0.3) is 0 Å². The molecule has 1 atom stereocenters. The van der Waals surface area contributed by atoms with Crippen molar-refractivity contribution in [2.24, 2.45) is 0 Å². The summed E-state index contributed by atoms with van der Waals surface area (Å²) in [5.74, 6) is 1.50. The van der Waals surface area contributed by atoms with Gasteiger partial charge in [-0.1, -0.05) is 41.6 Å². The van der Waals surface area contributed by atoms with E-state index in [0.717, 1.165) is 38.7 Å². The number of thioether (sulfide) groups is 1. The molecule has 0 aliphatic carbocycles. The summed E-state index contributed by atoms with van der Waals surface area (Å²) in [7, 11) is 0. The van der Waals surface area contributed by atoms with Gasteiger partial charge in [-0.05, 0) is 75.1 Å². The van der Waals surface area contributed by atoms with E-state index in [9.17, 15) is 4.79 Å². The second kappa shape index (κ2) is 10.9. The summed E-state index contributed by atoms with van der Waals surface area (Å²) in [5.41, 5.74) is 4.93. The van der Waals surface area contributed by atoms with Gasteiger partial charge in [-0.3, -0.25) is 9.36 Å². The van der Waals surface area contributed by atoms with E-state index >= 15 is 0 Å². The first-order valence-electron chi connectivity index (χ1n) is 10.7. The molecule has 3 aromatic rings. The molecule has 174 valence electrons. The van der Waals surface area contributed by atoms with Crippen LogP contribution in [0.25, 0.3) is 0 Å². The van der Waals surface area contributed by atoms with E-state index in [1.54, 1.807) is 6.08 Å². The lowest BCUT2D eigenvalue weighted by molar-refractivity contribution is -0.113. The second-order valence-corrected chi connectivity index (χ2v) is 9.28. The van der Waals surface area contributed by atoms with E-state index in [1.165, 1.54) is 11.8 Å². The lowest BCUT2D eigenvalue weighted by Gasteiger charge is -2.17. The molecule has 1 N–H and O–H groups in total. The Balaban J connectivity index is 1.71. The minimum absolute atomic E-state index is 0.0974. The number of carbonyl (C=O) groups excluding carboxylic acids is 1. The molecule has 6 nitrogen and oxygen atoms in total. The molecule has 0 saturated carbocycles. The number of nitrogens with zero attached hydrogens (tertiary/aromatic N) is 3. The first-order chi connectivity index (χ1) is 15.7. The average molecular weight is 485 g/mol. The van der Waals surface area contributed by atoms with E-state index in [1.807, 2.05) is 69.5 Å². The number of aromatic nitrogens is 3. The van der Waals surface area contributed by atoms with Crippen molar-refractivity contribution in [3.05, 3.63) is 76.1 Å². The Morgan fingerprint density at radius 2 is 1.91 bits per heavy atom. The minimum atomic E-state index is -0.351. The summed E-state index contributed by atoms with van der Waals surface area (Å²) < 4.78 is 8.06. The largest absolute Gasteiger partial charge is 0.483 e. The van der Waals surface area contributed by atoms with E-state index < -0.39 is 0 Å². The van der Waals surface area contributed by atoms with Gasteiger partial charge in [0.1, 0.15) is 5.75 Å². The number of benzene rings is 2. The lowest BCUT2D eigenvalue weighted by Crippen LogP contribution is -2.16. The topological polar surface area (TPSA) is 69.0 Å². The molecule has 1 unspecified atom stereocenters. The molecule has 0 radical (unpaired) electrons. The maximum atomic E-state index is 12.5. The van der Waals surface area contributed by atoms with Crippen LogP contribution in [0.2, 0.25) is 5.02 Å². The molecule has 0 bridgehead atoms. The molecule has 1 heterocycles. The van der Waals surface area contributed by atoms with Crippen LogP contribution < -0.4 is 10.1 Å². The zero-order valence-corrected chi connectivity index (χ0v) is 21.2. The third kappa shape index (κ3) is 5.97. The number of hydrogen-bond acceptors (Lipinski definition) is 5. The van der Waals surface area contributed by atoms with Crippen molar-refractivity contribution in [3.63, 3.8) is 0 Å². The molecule has 0 aliphatic rings. The van der Waals surface area contributed by atoms with Crippen molar-refractivity contribution in [1.82, 2.24) is 14.8 Å². The number of rotatable bonds is 9. The number of halogens is 1. The molecule has 0 saturated heterocycles. The van der Waals surface area contributed by atoms with Gasteiger partial charge >= 0.3 is 0 Å². The van der Waals surface area contributed by atoms with Crippen LogP contribution in [0.1, 0.15) is 41.1 Å². The standard InChI is InChI=1S/C25H29ClN4O2S/c1-7-11-30-24(19(6)32-20-12-16(3)23(26)17(4)13-20)28-29-25(30)33-14-22(31)27-21-10-8-9-15(2)18(21)5/h7-10,12-13,19H,1,11,14H2,2-6H3,(H,27,31). The van der Waals surface area contributed by atoms with E-state index in [0.29, 0.717) is 17.5 Å². The zero-order valence-electron chi connectivity index (χ0n) is 19.6. The first kappa shape index (κ1) is 24.9. The summed E-state index contributed by atoms with van der Waals surface area (Å²) in [5, 5.41) is 13.0. The summed E-state index contributed by atoms with van der Waals surface area (Å²) in [6, 6.07) is 9.68. The molecular formula is C25H29ClN4O2S. The van der Waals surface area contributed by atoms with Crippen molar-refractivity contribution in [2.45, 2.75) is 52.4 Å². The highest BCUT2D eigenvalue weighted by atomic mass is 35.5. The van der Waals surface area contributed by atoms with Crippen LogP contribution in [0.4, 0.5) is 5.69 Å². The van der Waals surface area contributed by atoms with Crippen molar-refractivity contribution < 1.29 is 9.53 Å². The minimum Gasteiger partial charge on any atom is -0.483 e. The fourth-order valence-corrected chi connectivity index (χ4v) is 4.31. The normalized spacial score (nSPS) is 11.8. The Bertz CT molecular complexity index is 1150. The molecule has 33 heavy (non-hydrogen) atoms. The number of carbonyl (C=O) groups is 1. The molecule has 0 aliphatic heterocycles. The van der Waals surface area contributed by atoms with Gasteiger partial charge in [0, 0.05) is 17.3 Å². The predicted molar refractivity (Wildman–Crippen MR) is 135 cm³/mol. The third-order valence-corrected chi connectivity index (χ3v) is 6.92. The molecule has 8 heteroatoms. The van der Waals surface area contributed by atoms with Crippen molar-refractivity contribution in [2.75, 3.05) is 11.1 Å². The second-order valence-electron chi connectivity index (χ2n) is 7.96. The van der Waals surface area contributed by atoms with Gasteiger partial charge in [0.2, 0.25) is 5.91 Å². The average Bonchev–Trinajstić information content (AvgIpc) is 3.17. The van der Waals surface area contributed by atoms with Gasteiger partial charge < -0.3 is 10.1 Å². The number of aryl methyl sites for hydroxylation is 3. The van der Waals surface area contributed by atoms with Gasteiger partial charge in [-0.2, -0.15) is 0 Å². The number of ether oxygens (including phenoxy) is 1. The van der Waals surface area contributed by atoms with Crippen LogP contribution in [0, 0.1) is 27.7 Å². The smallest absolute Gasteiger partial charge is 0.234 e. The van der Waals surface area contributed by atoms with Gasteiger partial charge in [0.05, 0.1) is 5.75 Å². The SMILES string of the molecule is C=CCn1c(SCC(=O)Nc2cccc(C)c2C)nnc1C(C)Oc1cc(C)c(Cl)c(C)c1. The number of hydrogen-bond donors (Lipinski definition) is 1. The molecule has 3 rings (SSSR count). The summed E-state index contributed by atoms with van der Waals surface area (Å²) in [6.07, 6.45) is 1.42. The first-order valence-corrected chi connectivity index (χ1v) is 12.0. The summed E-state index contributed by atoms with van der Waals surface area (Å²) in [4.78, 5) is 12.5. The van der Waals surface area contributed by atoms with Crippen LogP contribution >= 0.6 is 23.4 Å². The Hall–Kier alpha value is -2.77. The fourth-order valence-electron chi connectivity index (χ4n) is 3.44. The van der Waals surface area contributed by atoms with Crippen LogP contribution in [0.3, 0.4) is 0 Å².